The zero-order valence-electron chi connectivity index (χ0n) is 17.0. The van der Waals surface area contributed by atoms with E-state index in [1.807, 2.05) is 67.7 Å². The van der Waals surface area contributed by atoms with Crippen LogP contribution in [-0.2, 0) is 11.2 Å². The van der Waals surface area contributed by atoms with E-state index in [-0.39, 0.29) is 18.4 Å². The third-order valence-electron chi connectivity index (χ3n) is 4.87. The number of nitrogens with one attached hydrogen (secondary N) is 2. The highest BCUT2D eigenvalue weighted by Gasteiger charge is 2.20. The highest BCUT2D eigenvalue weighted by molar-refractivity contribution is 6.30. The van der Waals surface area contributed by atoms with E-state index < -0.39 is 0 Å². The van der Waals surface area contributed by atoms with Gasteiger partial charge in [-0.15, -0.1) is 10.2 Å². The third-order valence-corrected chi connectivity index (χ3v) is 5.12. The Balaban J connectivity index is 1.62. The number of para-hydroxylation sites is 1. The largest absolute Gasteiger partial charge is 0.346 e. The lowest BCUT2D eigenvalue weighted by molar-refractivity contribution is -0.121. The molecule has 31 heavy (non-hydrogen) atoms. The van der Waals surface area contributed by atoms with Crippen LogP contribution >= 0.6 is 11.6 Å². The molecule has 2 aromatic carbocycles. The maximum atomic E-state index is 12.9. The number of carbonyl (C=O) groups is 1. The fourth-order valence-electron chi connectivity index (χ4n) is 3.39. The summed E-state index contributed by atoms with van der Waals surface area (Å²) in [5, 5.41) is 22.5. The van der Waals surface area contributed by atoms with Gasteiger partial charge in [0.15, 0.2) is 5.82 Å². The van der Waals surface area contributed by atoms with Crippen molar-refractivity contribution < 1.29 is 4.79 Å². The van der Waals surface area contributed by atoms with Gasteiger partial charge in [-0.05, 0) is 30.7 Å². The molecule has 0 radical (unpaired) electrons. The van der Waals surface area contributed by atoms with Crippen molar-refractivity contribution in [2.75, 3.05) is 0 Å². The van der Waals surface area contributed by atoms with E-state index in [2.05, 4.69) is 25.9 Å². The maximum Gasteiger partial charge on any atom is 0.225 e. The molecule has 1 atom stereocenters. The first kappa shape index (κ1) is 20.7. The second kappa shape index (κ2) is 9.53. The number of nitrogens with zero attached hydrogens (tertiary/aromatic N) is 5. The van der Waals surface area contributed by atoms with E-state index in [9.17, 15) is 4.79 Å². The Kier molecular flexibility index (Phi) is 6.37. The minimum absolute atomic E-state index is 0.133. The van der Waals surface area contributed by atoms with Gasteiger partial charge in [-0.2, -0.15) is 10.3 Å². The fourth-order valence-corrected chi connectivity index (χ4v) is 3.52. The molecule has 1 unspecified atom stereocenters. The Hall–Kier alpha value is -3.52. The molecule has 4 rings (SSSR count). The van der Waals surface area contributed by atoms with Gasteiger partial charge < -0.3 is 5.32 Å². The molecule has 9 heteroatoms. The quantitative estimate of drug-likeness (QED) is 0.437. The summed E-state index contributed by atoms with van der Waals surface area (Å²) >= 11 is 6.05. The summed E-state index contributed by atoms with van der Waals surface area (Å²) in [5.74, 6) is 0.346. The van der Waals surface area contributed by atoms with Crippen molar-refractivity contribution in [2.24, 2.45) is 0 Å². The van der Waals surface area contributed by atoms with Crippen LogP contribution in [0.4, 0.5) is 0 Å². The summed E-state index contributed by atoms with van der Waals surface area (Å²) in [6, 6.07) is 16.9. The Morgan fingerprint density at radius 3 is 2.61 bits per heavy atom. The summed E-state index contributed by atoms with van der Waals surface area (Å²) in [4.78, 5) is 12.9. The average molecular weight is 436 g/mol. The fraction of sp³-hybridized carbons (Fsp3) is 0.227. The van der Waals surface area contributed by atoms with Crippen molar-refractivity contribution in [2.45, 2.75) is 32.2 Å². The Morgan fingerprint density at radius 2 is 1.94 bits per heavy atom. The molecule has 0 fully saturated rings. The highest BCUT2D eigenvalue weighted by Crippen LogP contribution is 2.26. The molecular formula is C22H22ClN7O. The first-order chi connectivity index (χ1) is 15.1. The molecule has 8 nitrogen and oxygen atoms in total. The molecule has 2 N–H and O–H groups in total. The molecule has 0 aliphatic heterocycles. The molecule has 158 valence electrons. The number of amides is 1. The number of rotatable bonds is 8. The van der Waals surface area contributed by atoms with Crippen LogP contribution < -0.4 is 5.32 Å². The predicted octanol–water partition coefficient (Wildman–Crippen LogP) is 3.91. The molecule has 0 bridgehead atoms. The first-order valence-corrected chi connectivity index (χ1v) is 10.4. The lowest BCUT2D eigenvalue weighted by atomic mass is 10.1. The van der Waals surface area contributed by atoms with E-state index in [0.29, 0.717) is 10.8 Å². The van der Waals surface area contributed by atoms with Crippen LogP contribution in [0, 0.1) is 0 Å². The van der Waals surface area contributed by atoms with Gasteiger partial charge in [0.2, 0.25) is 5.91 Å². The number of carbonyl (C=O) groups excluding carboxylic acids is 1. The van der Waals surface area contributed by atoms with Crippen LogP contribution in [0.25, 0.3) is 16.9 Å². The summed E-state index contributed by atoms with van der Waals surface area (Å²) in [5.41, 5.74) is 3.36. The van der Waals surface area contributed by atoms with Gasteiger partial charge in [0.05, 0.1) is 23.8 Å². The van der Waals surface area contributed by atoms with E-state index in [1.54, 1.807) is 4.68 Å². The lowest BCUT2D eigenvalue weighted by Gasteiger charge is -2.14. The van der Waals surface area contributed by atoms with Crippen molar-refractivity contribution in [3.8, 4) is 16.9 Å². The second-order valence-electron chi connectivity index (χ2n) is 7.15. The number of aromatic nitrogens is 6. The molecule has 0 aliphatic rings. The highest BCUT2D eigenvalue weighted by atomic mass is 35.5. The average Bonchev–Trinajstić information content (AvgIpc) is 3.45. The summed E-state index contributed by atoms with van der Waals surface area (Å²) < 4.78 is 1.79. The van der Waals surface area contributed by atoms with Crippen molar-refractivity contribution in [3.63, 3.8) is 0 Å². The van der Waals surface area contributed by atoms with Crippen molar-refractivity contribution >= 4 is 17.5 Å². The van der Waals surface area contributed by atoms with Crippen LogP contribution in [0.3, 0.4) is 0 Å². The molecule has 4 aromatic rings. The molecular weight excluding hydrogens is 414 g/mol. The van der Waals surface area contributed by atoms with Crippen LogP contribution in [0.1, 0.15) is 37.2 Å². The van der Waals surface area contributed by atoms with Crippen LogP contribution in [0.15, 0.2) is 60.8 Å². The van der Waals surface area contributed by atoms with Crippen molar-refractivity contribution in [3.05, 3.63) is 77.2 Å². The van der Waals surface area contributed by atoms with E-state index in [1.165, 1.54) is 0 Å². The topological polar surface area (TPSA) is 101 Å². The monoisotopic (exact) mass is 435 g/mol. The van der Waals surface area contributed by atoms with Crippen molar-refractivity contribution in [1.29, 1.82) is 0 Å². The van der Waals surface area contributed by atoms with Gasteiger partial charge in [-0.25, -0.2) is 4.68 Å². The molecule has 0 saturated carbocycles. The minimum Gasteiger partial charge on any atom is -0.346 e. The number of tetrazole rings is 1. The van der Waals surface area contributed by atoms with Crippen molar-refractivity contribution in [1.82, 2.24) is 35.7 Å². The molecule has 2 aromatic heterocycles. The Labute approximate surface area is 184 Å². The molecule has 0 spiro atoms. The second-order valence-corrected chi connectivity index (χ2v) is 7.58. The standard InChI is InChI=1S/C22H22ClN7O/c1-2-6-19(22-25-28-29-26-22)24-20(31)13-16-14-30(18-7-4-3-5-8-18)27-21(16)15-9-11-17(23)12-10-15/h3-5,7-12,14,19H,2,6,13H2,1H3,(H,24,31)(H,25,26,28,29). The number of H-pyrrole nitrogens is 1. The smallest absolute Gasteiger partial charge is 0.225 e. The maximum absolute atomic E-state index is 12.9. The van der Waals surface area contributed by atoms with E-state index >= 15 is 0 Å². The number of halogens is 1. The van der Waals surface area contributed by atoms with Crippen LogP contribution in [-0.4, -0.2) is 36.3 Å². The Morgan fingerprint density at radius 1 is 1.16 bits per heavy atom. The molecule has 2 heterocycles. The zero-order valence-corrected chi connectivity index (χ0v) is 17.8. The first-order valence-electron chi connectivity index (χ1n) is 10.1. The van der Waals surface area contributed by atoms with Gasteiger partial charge in [0.1, 0.15) is 0 Å². The minimum atomic E-state index is -0.292. The Bertz CT molecular complexity index is 1120. The van der Waals surface area contributed by atoms with Gasteiger partial charge >= 0.3 is 0 Å². The molecule has 0 aliphatic carbocycles. The zero-order chi connectivity index (χ0) is 21.6. The summed E-state index contributed by atoms with van der Waals surface area (Å²) in [7, 11) is 0. The van der Waals surface area contributed by atoms with Gasteiger partial charge in [-0.3, -0.25) is 4.79 Å². The normalized spacial score (nSPS) is 11.9. The van der Waals surface area contributed by atoms with E-state index in [4.69, 9.17) is 16.7 Å². The molecule has 0 saturated heterocycles. The number of hydrogen-bond donors (Lipinski definition) is 2. The lowest BCUT2D eigenvalue weighted by Crippen LogP contribution is -2.30. The van der Waals surface area contributed by atoms with Crippen LogP contribution in [0.2, 0.25) is 5.02 Å². The SMILES string of the molecule is CCCC(NC(=O)Cc1cn(-c2ccccc2)nc1-c1ccc(Cl)cc1)c1nn[nH]n1. The third kappa shape index (κ3) is 4.97. The molecule has 1 amide bonds. The number of aromatic amines is 1. The number of hydrogen-bond acceptors (Lipinski definition) is 5. The van der Waals surface area contributed by atoms with Gasteiger partial charge in [0.25, 0.3) is 0 Å². The van der Waals surface area contributed by atoms with Crippen LogP contribution in [0.5, 0.6) is 0 Å². The predicted molar refractivity (Wildman–Crippen MR) is 118 cm³/mol. The number of benzene rings is 2. The summed E-state index contributed by atoms with van der Waals surface area (Å²) in [6.07, 6.45) is 3.66. The van der Waals surface area contributed by atoms with Gasteiger partial charge in [-0.1, -0.05) is 60.5 Å². The van der Waals surface area contributed by atoms with Gasteiger partial charge in [0, 0.05) is 22.3 Å². The summed E-state index contributed by atoms with van der Waals surface area (Å²) in [6.45, 7) is 2.04. The van der Waals surface area contributed by atoms with E-state index in [0.717, 1.165) is 35.3 Å².